The summed E-state index contributed by atoms with van der Waals surface area (Å²) in [6, 6.07) is 1.69. The first kappa shape index (κ1) is 17.7. The Kier molecular flexibility index (Phi) is 4.94. The van der Waals surface area contributed by atoms with Gasteiger partial charge in [-0.1, -0.05) is 25.9 Å². The van der Waals surface area contributed by atoms with E-state index < -0.39 is 0 Å². The SMILES string of the molecule is Cc1cc(C(=O)N2CCCN(Cc3ncc(C(C)(C)C)o3)CC2)on1. The molecular formula is C18H26N4O3. The number of nitrogens with zero attached hydrogens (tertiary/aromatic N) is 4. The van der Waals surface area contributed by atoms with Gasteiger partial charge in [0.05, 0.1) is 18.4 Å². The Labute approximate surface area is 148 Å². The maximum atomic E-state index is 12.5. The first-order valence-electron chi connectivity index (χ1n) is 8.73. The van der Waals surface area contributed by atoms with Crippen LogP contribution in [0.4, 0.5) is 0 Å². The Balaban J connectivity index is 1.58. The van der Waals surface area contributed by atoms with Crippen LogP contribution in [-0.4, -0.2) is 52.0 Å². The largest absolute Gasteiger partial charge is 0.444 e. The van der Waals surface area contributed by atoms with Gasteiger partial charge < -0.3 is 13.8 Å². The fourth-order valence-electron chi connectivity index (χ4n) is 2.87. The highest BCUT2D eigenvalue weighted by atomic mass is 16.5. The molecule has 2 aromatic rings. The zero-order chi connectivity index (χ0) is 18.0. The van der Waals surface area contributed by atoms with Crippen molar-refractivity contribution in [1.82, 2.24) is 19.9 Å². The molecule has 3 rings (SSSR count). The summed E-state index contributed by atoms with van der Waals surface area (Å²) < 4.78 is 11.0. The topological polar surface area (TPSA) is 75.6 Å². The minimum atomic E-state index is -0.0893. The van der Waals surface area contributed by atoms with E-state index in [1.165, 1.54) is 0 Å². The molecule has 0 bridgehead atoms. The Morgan fingerprint density at radius 2 is 2.04 bits per heavy atom. The summed E-state index contributed by atoms with van der Waals surface area (Å²) in [5.74, 6) is 1.85. The molecule has 1 amide bonds. The molecule has 1 aliphatic rings. The van der Waals surface area contributed by atoms with Crippen LogP contribution >= 0.6 is 0 Å². The molecule has 2 aromatic heterocycles. The summed E-state index contributed by atoms with van der Waals surface area (Å²) in [7, 11) is 0. The molecule has 0 saturated carbocycles. The van der Waals surface area contributed by atoms with E-state index >= 15 is 0 Å². The molecule has 0 N–H and O–H groups in total. The van der Waals surface area contributed by atoms with Gasteiger partial charge >= 0.3 is 0 Å². The monoisotopic (exact) mass is 346 g/mol. The molecule has 0 unspecified atom stereocenters. The average molecular weight is 346 g/mol. The molecule has 7 heteroatoms. The minimum absolute atomic E-state index is 0.0392. The third-order valence-corrected chi connectivity index (χ3v) is 4.37. The lowest BCUT2D eigenvalue weighted by atomic mass is 9.94. The third-order valence-electron chi connectivity index (χ3n) is 4.37. The van der Waals surface area contributed by atoms with E-state index in [0.29, 0.717) is 25.4 Å². The van der Waals surface area contributed by atoms with E-state index in [2.05, 4.69) is 35.8 Å². The standard InChI is InChI=1S/C18H26N4O3/c1-13-10-14(25-20-13)17(23)22-7-5-6-21(8-9-22)12-16-19-11-15(24-16)18(2,3)4/h10-11H,5-9,12H2,1-4H3. The Morgan fingerprint density at radius 3 is 2.68 bits per heavy atom. The van der Waals surface area contributed by atoms with Gasteiger partial charge in [-0.3, -0.25) is 9.69 Å². The first-order chi connectivity index (χ1) is 11.8. The van der Waals surface area contributed by atoms with Crippen LogP contribution in [0.2, 0.25) is 0 Å². The van der Waals surface area contributed by atoms with Crippen molar-refractivity contribution < 1.29 is 13.7 Å². The second kappa shape index (κ2) is 7.00. The van der Waals surface area contributed by atoms with Crippen molar-refractivity contribution in [2.45, 2.75) is 46.1 Å². The number of carbonyl (C=O) groups excluding carboxylic acids is 1. The van der Waals surface area contributed by atoms with Crippen molar-refractivity contribution in [2.24, 2.45) is 0 Å². The van der Waals surface area contributed by atoms with E-state index in [1.807, 2.05) is 18.0 Å². The molecule has 1 aliphatic heterocycles. The van der Waals surface area contributed by atoms with Crippen molar-refractivity contribution in [2.75, 3.05) is 26.2 Å². The van der Waals surface area contributed by atoms with Crippen LogP contribution in [-0.2, 0) is 12.0 Å². The molecule has 25 heavy (non-hydrogen) atoms. The molecule has 0 aliphatic carbocycles. The van der Waals surface area contributed by atoms with Crippen LogP contribution in [0.5, 0.6) is 0 Å². The highest BCUT2D eigenvalue weighted by Crippen LogP contribution is 2.23. The molecule has 0 spiro atoms. The number of amides is 1. The zero-order valence-electron chi connectivity index (χ0n) is 15.4. The molecule has 0 radical (unpaired) electrons. The lowest BCUT2D eigenvalue weighted by molar-refractivity contribution is 0.0718. The van der Waals surface area contributed by atoms with E-state index in [0.717, 1.165) is 36.9 Å². The number of oxazole rings is 1. The van der Waals surface area contributed by atoms with Crippen LogP contribution in [0.25, 0.3) is 0 Å². The molecule has 0 aromatic carbocycles. The van der Waals surface area contributed by atoms with Crippen LogP contribution in [0.1, 0.15) is 55.1 Å². The van der Waals surface area contributed by atoms with E-state index in [9.17, 15) is 4.79 Å². The number of hydrogen-bond acceptors (Lipinski definition) is 6. The summed E-state index contributed by atoms with van der Waals surface area (Å²) in [5, 5.41) is 3.80. The van der Waals surface area contributed by atoms with Gasteiger partial charge in [0.15, 0.2) is 0 Å². The van der Waals surface area contributed by atoms with Crippen molar-refractivity contribution in [1.29, 1.82) is 0 Å². The Hall–Kier alpha value is -2.15. The van der Waals surface area contributed by atoms with Crippen molar-refractivity contribution in [3.05, 3.63) is 35.4 Å². The smallest absolute Gasteiger partial charge is 0.292 e. The molecular weight excluding hydrogens is 320 g/mol. The summed E-state index contributed by atoms with van der Waals surface area (Å²) in [5.41, 5.74) is 0.681. The summed E-state index contributed by atoms with van der Waals surface area (Å²) >= 11 is 0. The molecule has 136 valence electrons. The summed E-state index contributed by atoms with van der Waals surface area (Å²) in [4.78, 5) is 21.0. The number of aromatic nitrogens is 2. The predicted molar refractivity (Wildman–Crippen MR) is 92.2 cm³/mol. The van der Waals surface area contributed by atoms with Gasteiger partial charge in [-0.15, -0.1) is 0 Å². The number of rotatable bonds is 3. The minimum Gasteiger partial charge on any atom is -0.444 e. The van der Waals surface area contributed by atoms with Crippen molar-refractivity contribution >= 4 is 5.91 Å². The van der Waals surface area contributed by atoms with Gasteiger partial charge in [-0.25, -0.2) is 4.98 Å². The molecule has 3 heterocycles. The number of hydrogen-bond donors (Lipinski definition) is 0. The first-order valence-corrected chi connectivity index (χ1v) is 8.73. The fourth-order valence-corrected chi connectivity index (χ4v) is 2.87. The van der Waals surface area contributed by atoms with Gasteiger partial charge in [0.2, 0.25) is 11.7 Å². The zero-order valence-corrected chi connectivity index (χ0v) is 15.4. The van der Waals surface area contributed by atoms with Crippen LogP contribution in [0.15, 0.2) is 21.2 Å². The average Bonchev–Trinajstić information content (AvgIpc) is 3.12. The highest BCUT2D eigenvalue weighted by molar-refractivity contribution is 5.91. The summed E-state index contributed by atoms with van der Waals surface area (Å²) in [6.45, 7) is 11.9. The van der Waals surface area contributed by atoms with Crippen molar-refractivity contribution in [3.8, 4) is 0 Å². The van der Waals surface area contributed by atoms with Gasteiger partial charge in [0.1, 0.15) is 5.76 Å². The fraction of sp³-hybridized carbons (Fsp3) is 0.611. The second-order valence-electron chi connectivity index (χ2n) is 7.62. The van der Waals surface area contributed by atoms with Crippen LogP contribution in [0, 0.1) is 6.92 Å². The van der Waals surface area contributed by atoms with Gasteiger partial charge in [-0.2, -0.15) is 0 Å². The third kappa shape index (κ3) is 4.28. The van der Waals surface area contributed by atoms with E-state index in [-0.39, 0.29) is 11.3 Å². The molecule has 7 nitrogen and oxygen atoms in total. The lowest BCUT2D eigenvalue weighted by Crippen LogP contribution is -2.35. The maximum absolute atomic E-state index is 12.5. The Bertz CT molecular complexity index is 729. The summed E-state index contributed by atoms with van der Waals surface area (Å²) in [6.07, 6.45) is 2.72. The maximum Gasteiger partial charge on any atom is 0.292 e. The van der Waals surface area contributed by atoms with Gasteiger partial charge in [0, 0.05) is 37.7 Å². The van der Waals surface area contributed by atoms with E-state index in [4.69, 9.17) is 8.94 Å². The van der Waals surface area contributed by atoms with Gasteiger partial charge in [0.25, 0.3) is 5.91 Å². The van der Waals surface area contributed by atoms with E-state index in [1.54, 1.807) is 6.07 Å². The highest BCUT2D eigenvalue weighted by Gasteiger charge is 2.24. The number of aryl methyl sites for hydroxylation is 1. The number of carbonyl (C=O) groups is 1. The Morgan fingerprint density at radius 1 is 1.24 bits per heavy atom. The molecule has 1 saturated heterocycles. The lowest BCUT2D eigenvalue weighted by Gasteiger charge is -2.20. The predicted octanol–water partition coefficient (Wildman–Crippen LogP) is 2.62. The normalized spacial score (nSPS) is 16.9. The molecule has 0 atom stereocenters. The van der Waals surface area contributed by atoms with Gasteiger partial charge in [-0.05, 0) is 13.3 Å². The second-order valence-corrected chi connectivity index (χ2v) is 7.62. The van der Waals surface area contributed by atoms with Crippen LogP contribution in [0.3, 0.4) is 0 Å². The quantitative estimate of drug-likeness (QED) is 0.850. The van der Waals surface area contributed by atoms with Crippen molar-refractivity contribution in [3.63, 3.8) is 0 Å². The molecule has 1 fully saturated rings. The van der Waals surface area contributed by atoms with Crippen LogP contribution < -0.4 is 0 Å².